The van der Waals surface area contributed by atoms with E-state index in [1.807, 2.05) is 11.3 Å². The zero-order valence-electron chi connectivity index (χ0n) is 9.95. The van der Waals surface area contributed by atoms with Gasteiger partial charge in [0, 0.05) is 34.7 Å². The van der Waals surface area contributed by atoms with Crippen LogP contribution in [0.15, 0.2) is 11.4 Å². The summed E-state index contributed by atoms with van der Waals surface area (Å²) in [4.78, 5) is 3.96. The molecule has 2 rings (SSSR count). The minimum atomic E-state index is 0.439. The molecule has 17 heavy (non-hydrogen) atoms. The summed E-state index contributed by atoms with van der Waals surface area (Å²) in [6, 6.07) is 2.20. The molecule has 0 saturated carbocycles. The van der Waals surface area contributed by atoms with Gasteiger partial charge in [-0.05, 0) is 24.8 Å². The van der Waals surface area contributed by atoms with Crippen LogP contribution in [0.1, 0.15) is 16.9 Å². The molecule has 0 bridgehead atoms. The van der Waals surface area contributed by atoms with Crippen LogP contribution >= 0.6 is 23.1 Å². The standard InChI is InChI=1S/C13H18N2S2/c14-4-1-3-12-9-13(17-11-12)10-15-5-2-7-16-8-6-15/h9,11H,2,4-8,10,14H2. The number of rotatable bonds is 2. The van der Waals surface area contributed by atoms with Gasteiger partial charge in [0.2, 0.25) is 0 Å². The Bertz CT molecular complexity index is 395. The van der Waals surface area contributed by atoms with Gasteiger partial charge in [0.05, 0.1) is 6.54 Å². The van der Waals surface area contributed by atoms with E-state index in [9.17, 15) is 0 Å². The van der Waals surface area contributed by atoms with Crippen molar-refractivity contribution in [3.8, 4) is 11.8 Å². The van der Waals surface area contributed by atoms with Gasteiger partial charge in [0.25, 0.3) is 0 Å². The van der Waals surface area contributed by atoms with Crippen molar-refractivity contribution in [3.63, 3.8) is 0 Å². The van der Waals surface area contributed by atoms with Crippen LogP contribution < -0.4 is 5.73 Å². The van der Waals surface area contributed by atoms with Crippen LogP contribution in [0.4, 0.5) is 0 Å². The Morgan fingerprint density at radius 2 is 2.29 bits per heavy atom. The Morgan fingerprint density at radius 3 is 3.18 bits per heavy atom. The minimum absolute atomic E-state index is 0.439. The van der Waals surface area contributed by atoms with Crippen molar-refractivity contribution in [2.45, 2.75) is 13.0 Å². The van der Waals surface area contributed by atoms with E-state index in [1.54, 1.807) is 0 Å². The number of thiophene rings is 1. The molecule has 1 fully saturated rings. The van der Waals surface area contributed by atoms with Crippen LogP contribution in [0, 0.1) is 11.8 Å². The SMILES string of the molecule is NCC#Cc1csc(CN2CCCSCC2)c1. The van der Waals surface area contributed by atoms with Crippen molar-refractivity contribution in [2.24, 2.45) is 5.73 Å². The van der Waals surface area contributed by atoms with Crippen molar-refractivity contribution >= 4 is 23.1 Å². The van der Waals surface area contributed by atoms with Gasteiger partial charge >= 0.3 is 0 Å². The molecule has 92 valence electrons. The number of hydrogen-bond donors (Lipinski definition) is 1. The number of thioether (sulfide) groups is 1. The van der Waals surface area contributed by atoms with E-state index in [1.165, 1.54) is 35.9 Å². The van der Waals surface area contributed by atoms with E-state index in [2.05, 4.69) is 39.9 Å². The summed E-state index contributed by atoms with van der Waals surface area (Å²) >= 11 is 3.88. The molecule has 0 unspecified atom stereocenters. The van der Waals surface area contributed by atoms with E-state index in [4.69, 9.17) is 5.73 Å². The summed E-state index contributed by atoms with van der Waals surface area (Å²) < 4.78 is 0. The van der Waals surface area contributed by atoms with Crippen LogP contribution in [0.3, 0.4) is 0 Å². The van der Waals surface area contributed by atoms with Gasteiger partial charge in [0.1, 0.15) is 0 Å². The molecule has 1 saturated heterocycles. The lowest BCUT2D eigenvalue weighted by atomic mass is 10.3. The van der Waals surface area contributed by atoms with Crippen LogP contribution in [0.2, 0.25) is 0 Å². The second-order valence-electron chi connectivity index (χ2n) is 4.05. The average Bonchev–Trinajstić information content (AvgIpc) is 2.61. The second-order valence-corrected chi connectivity index (χ2v) is 6.27. The topological polar surface area (TPSA) is 29.3 Å². The predicted octanol–water partition coefficient (Wildman–Crippen LogP) is 2.00. The molecule has 0 atom stereocenters. The summed E-state index contributed by atoms with van der Waals surface area (Å²) in [5, 5.41) is 2.13. The maximum absolute atomic E-state index is 5.37. The van der Waals surface area contributed by atoms with E-state index in [-0.39, 0.29) is 0 Å². The highest BCUT2D eigenvalue weighted by molar-refractivity contribution is 7.99. The smallest absolute Gasteiger partial charge is 0.0555 e. The minimum Gasteiger partial charge on any atom is -0.320 e. The molecule has 2 heterocycles. The first-order chi connectivity index (χ1) is 8.38. The third-order valence-electron chi connectivity index (χ3n) is 2.68. The zero-order chi connectivity index (χ0) is 11.9. The van der Waals surface area contributed by atoms with Crippen molar-refractivity contribution in [1.82, 2.24) is 4.90 Å². The summed E-state index contributed by atoms with van der Waals surface area (Å²) in [5.41, 5.74) is 6.48. The molecule has 0 radical (unpaired) electrons. The van der Waals surface area contributed by atoms with Gasteiger partial charge in [-0.3, -0.25) is 4.90 Å². The number of nitrogens with zero attached hydrogens (tertiary/aromatic N) is 1. The van der Waals surface area contributed by atoms with Crippen molar-refractivity contribution < 1.29 is 0 Å². The third kappa shape index (κ3) is 4.36. The fourth-order valence-electron chi connectivity index (χ4n) is 1.86. The van der Waals surface area contributed by atoms with E-state index >= 15 is 0 Å². The first-order valence-electron chi connectivity index (χ1n) is 5.95. The highest BCUT2D eigenvalue weighted by Crippen LogP contribution is 2.18. The fraction of sp³-hybridized carbons (Fsp3) is 0.538. The first-order valence-corrected chi connectivity index (χ1v) is 7.98. The van der Waals surface area contributed by atoms with E-state index in [0.717, 1.165) is 12.1 Å². The molecule has 0 aliphatic carbocycles. The Morgan fingerprint density at radius 1 is 1.35 bits per heavy atom. The zero-order valence-corrected chi connectivity index (χ0v) is 11.6. The normalized spacial score (nSPS) is 17.2. The lowest BCUT2D eigenvalue weighted by molar-refractivity contribution is 0.290. The summed E-state index contributed by atoms with van der Waals surface area (Å²) in [6.45, 7) is 3.96. The van der Waals surface area contributed by atoms with Gasteiger partial charge in [-0.1, -0.05) is 11.8 Å². The van der Waals surface area contributed by atoms with E-state index in [0.29, 0.717) is 6.54 Å². The largest absolute Gasteiger partial charge is 0.320 e. The molecule has 1 aromatic rings. The lowest BCUT2D eigenvalue weighted by Crippen LogP contribution is -2.24. The van der Waals surface area contributed by atoms with Gasteiger partial charge in [-0.2, -0.15) is 11.8 Å². The highest BCUT2D eigenvalue weighted by atomic mass is 32.2. The fourth-order valence-corrected chi connectivity index (χ4v) is 3.64. The van der Waals surface area contributed by atoms with Gasteiger partial charge in [-0.15, -0.1) is 11.3 Å². The van der Waals surface area contributed by atoms with Crippen LogP contribution in [0.5, 0.6) is 0 Å². The van der Waals surface area contributed by atoms with Crippen molar-refractivity contribution in [1.29, 1.82) is 0 Å². The molecular formula is C13H18N2S2. The molecule has 1 aliphatic heterocycles. The number of hydrogen-bond acceptors (Lipinski definition) is 4. The van der Waals surface area contributed by atoms with Gasteiger partial charge in [0.15, 0.2) is 0 Å². The lowest BCUT2D eigenvalue weighted by Gasteiger charge is -2.17. The summed E-state index contributed by atoms with van der Waals surface area (Å²) in [5.74, 6) is 8.57. The summed E-state index contributed by atoms with van der Waals surface area (Å²) in [6.07, 6.45) is 1.32. The Balaban J connectivity index is 1.91. The Kier molecular flexibility index (Phi) is 5.40. The maximum Gasteiger partial charge on any atom is 0.0555 e. The first kappa shape index (κ1) is 13.0. The van der Waals surface area contributed by atoms with Gasteiger partial charge in [-0.25, -0.2) is 0 Å². The van der Waals surface area contributed by atoms with E-state index < -0.39 is 0 Å². The Hall–Kier alpha value is -0.470. The molecule has 2 nitrogen and oxygen atoms in total. The van der Waals surface area contributed by atoms with Crippen LogP contribution in [0.25, 0.3) is 0 Å². The average molecular weight is 266 g/mol. The quantitative estimate of drug-likeness (QED) is 0.830. The van der Waals surface area contributed by atoms with Gasteiger partial charge < -0.3 is 5.73 Å². The van der Waals surface area contributed by atoms with Crippen LogP contribution in [-0.4, -0.2) is 36.0 Å². The maximum atomic E-state index is 5.37. The second kappa shape index (κ2) is 7.07. The van der Waals surface area contributed by atoms with Crippen molar-refractivity contribution in [2.75, 3.05) is 31.1 Å². The number of nitrogens with two attached hydrogens (primary N) is 1. The highest BCUT2D eigenvalue weighted by Gasteiger charge is 2.10. The molecule has 0 amide bonds. The molecule has 2 N–H and O–H groups in total. The monoisotopic (exact) mass is 266 g/mol. The van der Waals surface area contributed by atoms with Crippen LogP contribution in [-0.2, 0) is 6.54 Å². The molecule has 1 aromatic heterocycles. The molecule has 1 aliphatic rings. The summed E-state index contributed by atoms with van der Waals surface area (Å²) in [7, 11) is 0. The molecular weight excluding hydrogens is 248 g/mol. The third-order valence-corrected chi connectivity index (χ3v) is 4.65. The molecule has 0 aromatic carbocycles. The molecule has 4 heteroatoms. The Labute approximate surface area is 112 Å². The molecule has 0 spiro atoms. The van der Waals surface area contributed by atoms with Crippen molar-refractivity contribution in [3.05, 3.63) is 21.9 Å². The predicted molar refractivity (Wildman–Crippen MR) is 77.5 cm³/mol.